The number of benzene rings is 1. The normalized spacial score (nSPS) is 13.5. The molecule has 0 spiro atoms. The van der Waals surface area contributed by atoms with E-state index in [0.717, 1.165) is 0 Å². The quantitative estimate of drug-likeness (QED) is 0.841. The van der Waals surface area contributed by atoms with Crippen LogP contribution in [-0.4, -0.2) is 17.3 Å². The van der Waals surface area contributed by atoms with Crippen LogP contribution in [-0.2, 0) is 4.79 Å². The maximum absolute atomic E-state index is 13.1. The lowest BCUT2D eigenvalue weighted by Gasteiger charge is -2.19. The van der Waals surface area contributed by atoms with Crippen molar-refractivity contribution in [2.45, 2.75) is 18.5 Å². The molecular formula is C10H7F5O2. The molecule has 1 unspecified atom stereocenters. The molecule has 7 heteroatoms. The molecule has 0 saturated heterocycles. The van der Waals surface area contributed by atoms with E-state index in [4.69, 9.17) is 5.11 Å². The average molecular weight is 254 g/mol. The van der Waals surface area contributed by atoms with Crippen LogP contribution in [0.3, 0.4) is 0 Å². The van der Waals surface area contributed by atoms with Gasteiger partial charge in [-0.25, -0.2) is 8.78 Å². The van der Waals surface area contributed by atoms with Crippen molar-refractivity contribution in [3.63, 3.8) is 0 Å². The smallest absolute Gasteiger partial charge is 0.396 e. The summed E-state index contributed by atoms with van der Waals surface area (Å²) in [6.07, 6.45) is -6.21. The first-order valence-electron chi connectivity index (χ1n) is 4.45. The number of hydrogen-bond acceptors (Lipinski definition) is 1. The maximum atomic E-state index is 13.1. The highest BCUT2D eigenvalue weighted by Crippen LogP contribution is 2.38. The van der Waals surface area contributed by atoms with E-state index in [1.807, 2.05) is 0 Å². The molecule has 94 valence electrons. The summed E-state index contributed by atoms with van der Waals surface area (Å²) >= 11 is 0. The molecular weight excluding hydrogens is 247 g/mol. The molecule has 17 heavy (non-hydrogen) atoms. The maximum Gasteiger partial charge on any atom is 0.396 e. The number of carboxylic acids is 1. The fourth-order valence-electron chi connectivity index (χ4n) is 1.36. The lowest BCUT2D eigenvalue weighted by molar-refractivity contribution is -0.163. The Morgan fingerprint density at radius 2 is 1.88 bits per heavy atom. The highest BCUT2D eigenvalue weighted by Gasteiger charge is 2.43. The Morgan fingerprint density at radius 3 is 2.29 bits per heavy atom. The van der Waals surface area contributed by atoms with Gasteiger partial charge in [0.2, 0.25) is 0 Å². The molecule has 0 radical (unpaired) electrons. The zero-order chi connectivity index (χ0) is 13.2. The molecule has 1 atom stereocenters. The third-order valence-corrected chi connectivity index (χ3v) is 2.11. The van der Waals surface area contributed by atoms with Crippen molar-refractivity contribution >= 4 is 5.97 Å². The van der Waals surface area contributed by atoms with Crippen LogP contribution in [0.25, 0.3) is 0 Å². The standard InChI is InChI=1S/C10H7F5O2/c11-5-1-2-6(8(12)3-5)7(4-9(16)17)10(13,14)15/h1-3,7H,4H2,(H,16,17). The summed E-state index contributed by atoms with van der Waals surface area (Å²) < 4.78 is 63.2. The molecule has 0 aliphatic carbocycles. The lowest BCUT2D eigenvalue weighted by Crippen LogP contribution is -2.24. The second-order valence-corrected chi connectivity index (χ2v) is 3.36. The molecule has 0 heterocycles. The fraction of sp³-hybridized carbons (Fsp3) is 0.300. The molecule has 0 bridgehead atoms. The Labute approximate surface area is 92.7 Å². The van der Waals surface area contributed by atoms with Gasteiger partial charge in [-0.15, -0.1) is 0 Å². The first-order valence-corrected chi connectivity index (χ1v) is 4.45. The summed E-state index contributed by atoms with van der Waals surface area (Å²) in [5, 5.41) is 8.36. The predicted molar refractivity (Wildman–Crippen MR) is 47.4 cm³/mol. The molecule has 1 rings (SSSR count). The molecule has 2 nitrogen and oxygen atoms in total. The van der Waals surface area contributed by atoms with Crippen LogP contribution in [0.2, 0.25) is 0 Å². The minimum absolute atomic E-state index is 0.288. The first kappa shape index (κ1) is 13.4. The monoisotopic (exact) mass is 254 g/mol. The van der Waals surface area contributed by atoms with Crippen LogP contribution in [0.4, 0.5) is 22.0 Å². The summed E-state index contributed by atoms with van der Waals surface area (Å²) in [7, 11) is 0. The van der Waals surface area contributed by atoms with Crippen molar-refractivity contribution in [3.05, 3.63) is 35.4 Å². The number of alkyl halides is 3. The Hall–Kier alpha value is -1.66. The number of halogens is 5. The molecule has 1 aromatic rings. The van der Waals surface area contributed by atoms with Crippen LogP contribution >= 0.6 is 0 Å². The van der Waals surface area contributed by atoms with Crippen LogP contribution < -0.4 is 0 Å². The highest BCUT2D eigenvalue weighted by atomic mass is 19.4. The number of hydrogen-bond donors (Lipinski definition) is 1. The van der Waals surface area contributed by atoms with Gasteiger partial charge in [0.05, 0.1) is 12.3 Å². The van der Waals surface area contributed by atoms with Gasteiger partial charge in [0, 0.05) is 11.6 Å². The van der Waals surface area contributed by atoms with Crippen LogP contribution in [0.1, 0.15) is 17.9 Å². The SMILES string of the molecule is O=C(O)CC(c1ccc(F)cc1F)C(F)(F)F. The number of rotatable bonds is 3. The van der Waals surface area contributed by atoms with Gasteiger partial charge in [0.1, 0.15) is 11.6 Å². The van der Waals surface area contributed by atoms with Crippen molar-refractivity contribution in [1.82, 2.24) is 0 Å². The summed E-state index contributed by atoms with van der Waals surface area (Å²) in [6.45, 7) is 0. The largest absolute Gasteiger partial charge is 0.481 e. The van der Waals surface area contributed by atoms with Gasteiger partial charge >= 0.3 is 12.1 Å². The third-order valence-electron chi connectivity index (χ3n) is 2.11. The molecule has 0 fully saturated rings. The summed E-state index contributed by atoms with van der Waals surface area (Å²) in [5.74, 6) is -6.63. The third kappa shape index (κ3) is 3.40. The van der Waals surface area contributed by atoms with E-state index in [1.54, 1.807) is 0 Å². The van der Waals surface area contributed by atoms with E-state index in [1.165, 1.54) is 0 Å². The number of carbonyl (C=O) groups is 1. The number of carboxylic acid groups (broad SMARTS) is 1. The van der Waals surface area contributed by atoms with Crippen LogP contribution in [0, 0.1) is 11.6 Å². The Bertz CT molecular complexity index is 427. The Balaban J connectivity index is 3.17. The molecule has 0 saturated carbocycles. The molecule has 1 aromatic carbocycles. The van der Waals surface area contributed by atoms with Gasteiger partial charge in [-0.2, -0.15) is 13.2 Å². The zero-order valence-electron chi connectivity index (χ0n) is 8.26. The summed E-state index contributed by atoms with van der Waals surface area (Å²) in [6, 6.07) is 1.54. The minimum atomic E-state index is -4.91. The van der Waals surface area contributed by atoms with E-state index in [9.17, 15) is 26.7 Å². The zero-order valence-corrected chi connectivity index (χ0v) is 8.26. The van der Waals surface area contributed by atoms with Crippen molar-refractivity contribution in [2.75, 3.05) is 0 Å². The van der Waals surface area contributed by atoms with Gasteiger partial charge < -0.3 is 5.11 Å². The molecule has 0 aliphatic rings. The molecule has 1 N–H and O–H groups in total. The van der Waals surface area contributed by atoms with E-state index in [0.29, 0.717) is 12.1 Å². The lowest BCUT2D eigenvalue weighted by atomic mass is 9.94. The van der Waals surface area contributed by atoms with E-state index in [2.05, 4.69) is 0 Å². The average Bonchev–Trinajstić information content (AvgIpc) is 2.13. The fourth-order valence-corrected chi connectivity index (χ4v) is 1.36. The Morgan fingerprint density at radius 1 is 1.29 bits per heavy atom. The Kier molecular flexibility index (Phi) is 3.69. The summed E-state index contributed by atoms with van der Waals surface area (Å²) in [4.78, 5) is 10.3. The molecule has 0 aromatic heterocycles. The second kappa shape index (κ2) is 4.68. The highest BCUT2D eigenvalue weighted by molar-refractivity contribution is 5.68. The summed E-state index contributed by atoms with van der Waals surface area (Å²) in [5.41, 5.74) is -0.874. The van der Waals surface area contributed by atoms with Gasteiger partial charge in [0.25, 0.3) is 0 Å². The number of aliphatic carboxylic acids is 1. The molecule has 0 amide bonds. The van der Waals surface area contributed by atoms with Crippen LogP contribution in [0.15, 0.2) is 18.2 Å². The topological polar surface area (TPSA) is 37.3 Å². The van der Waals surface area contributed by atoms with Crippen molar-refractivity contribution in [1.29, 1.82) is 0 Å². The first-order chi connectivity index (χ1) is 7.71. The van der Waals surface area contributed by atoms with E-state index in [-0.39, 0.29) is 6.07 Å². The van der Waals surface area contributed by atoms with Gasteiger partial charge in [-0.1, -0.05) is 6.07 Å². The van der Waals surface area contributed by atoms with Crippen LogP contribution in [0.5, 0.6) is 0 Å². The van der Waals surface area contributed by atoms with Crippen molar-refractivity contribution < 1.29 is 31.9 Å². The van der Waals surface area contributed by atoms with Gasteiger partial charge in [0.15, 0.2) is 0 Å². The van der Waals surface area contributed by atoms with Crippen molar-refractivity contribution in [3.8, 4) is 0 Å². The van der Waals surface area contributed by atoms with E-state index < -0.39 is 41.7 Å². The minimum Gasteiger partial charge on any atom is -0.481 e. The van der Waals surface area contributed by atoms with E-state index >= 15 is 0 Å². The second-order valence-electron chi connectivity index (χ2n) is 3.36. The van der Waals surface area contributed by atoms with Gasteiger partial charge in [-0.3, -0.25) is 4.79 Å². The van der Waals surface area contributed by atoms with Gasteiger partial charge in [-0.05, 0) is 6.07 Å². The predicted octanol–water partition coefficient (Wildman–Crippen LogP) is 3.09. The van der Waals surface area contributed by atoms with Crippen molar-refractivity contribution in [2.24, 2.45) is 0 Å². The molecule has 0 aliphatic heterocycles.